The number of nitrogens with one attached hydrogen (secondary N) is 2. The average molecular weight is 507 g/mol. The number of alkyl halides is 6. The standard InChI is InChI=1S/C22H23F6N3O4/c1-31(2)19(34)17(32)11-12-29-18(33)13-3-7-15(8-4-13)30-16-9-5-14(6-10-16)20(35,21(23,24)25)22(26,27)28/h3-10,17,30,32,35H,11-12H2,1-2H3,(H,29,33)/t17-/m1/s1. The highest BCUT2D eigenvalue weighted by Crippen LogP contribution is 2.50. The van der Waals surface area contributed by atoms with Crippen molar-refractivity contribution in [2.45, 2.75) is 30.5 Å². The van der Waals surface area contributed by atoms with Crippen molar-refractivity contribution in [3.63, 3.8) is 0 Å². The van der Waals surface area contributed by atoms with E-state index < -0.39 is 41.4 Å². The molecule has 0 heterocycles. The molecule has 0 aliphatic heterocycles. The van der Waals surface area contributed by atoms with Gasteiger partial charge in [-0.05, 0) is 42.8 Å². The number of nitrogens with zero attached hydrogens (tertiary/aromatic N) is 1. The van der Waals surface area contributed by atoms with Gasteiger partial charge in [-0.1, -0.05) is 12.1 Å². The largest absolute Gasteiger partial charge is 0.430 e. The summed E-state index contributed by atoms with van der Waals surface area (Å²) in [4.78, 5) is 25.0. The zero-order valence-corrected chi connectivity index (χ0v) is 18.5. The number of carbonyl (C=O) groups excluding carboxylic acids is 2. The first-order chi connectivity index (χ1) is 16.1. The lowest BCUT2D eigenvalue weighted by Gasteiger charge is -2.32. The Morgan fingerprint density at radius 1 is 0.886 bits per heavy atom. The van der Waals surface area contributed by atoms with Crippen LogP contribution in [0.3, 0.4) is 0 Å². The van der Waals surface area contributed by atoms with E-state index in [0.29, 0.717) is 17.8 Å². The van der Waals surface area contributed by atoms with Crippen molar-refractivity contribution in [2.75, 3.05) is 26.0 Å². The summed E-state index contributed by atoms with van der Waals surface area (Å²) in [5, 5.41) is 24.4. The molecular formula is C22H23F6N3O4. The van der Waals surface area contributed by atoms with Crippen LogP contribution in [0.15, 0.2) is 48.5 Å². The lowest BCUT2D eigenvalue weighted by atomic mass is 9.92. The highest BCUT2D eigenvalue weighted by Gasteiger charge is 2.71. The molecule has 0 bridgehead atoms. The summed E-state index contributed by atoms with van der Waals surface area (Å²) in [5.74, 6) is -0.979. The van der Waals surface area contributed by atoms with Crippen molar-refractivity contribution in [1.82, 2.24) is 10.2 Å². The maximum absolute atomic E-state index is 13.0. The number of hydrogen-bond donors (Lipinski definition) is 4. The number of aliphatic hydroxyl groups excluding tert-OH is 1. The van der Waals surface area contributed by atoms with Crippen molar-refractivity contribution in [1.29, 1.82) is 0 Å². The number of amides is 2. The summed E-state index contributed by atoms with van der Waals surface area (Å²) in [6.45, 7) is 0.0358. The van der Waals surface area contributed by atoms with Crippen LogP contribution in [0.4, 0.5) is 37.7 Å². The van der Waals surface area contributed by atoms with Crippen LogP contribution in [0.25, 0.3) is 0 Å². The summed E-state index contributed by atoms with van der Waals surface area (Å²) < 4.78 is 77.8. The Kier molecular flexibility index (Phi) is 8.39. The lowest BCUT2D eigenvalue weighted by Crippen LogP contribution is -2.53. The summed E-state index contributed by atoms with van der Waals surface area (Å²) in [6, 6.07) is 8.65. The topological polar surface area (TPSA) is 102 Å². The molecule has 0 aliphatic carbocycles. The fourth-order valence-electron chi connectivity index (χ4n) is 3.00. The highest BCUT2D eigenvalue weighted by molar-refractivity contribution is 5.94. The number of hydrogen-bond acceptors (Lipinski definition) is 5. The Labute approximate surface area is 196 Å². The number of rotatable bonds is 8. The van der Waals surface area contributed by atoms with Crippen LogP contribution >= 0.6 is 0 Å². The van der Waals surface area contributed by atoms with E-state index in [4.69, 9.17) is 0 Å². The number of carbonyl (C=O) groups is 2. The molecule has 4 N–H and O–H groups in total. The van der Waals surface area contributed by atoms with Gasteiger partial charge in [-0.15, -0.1) is 0 Å². The van der Waals surface area contributed by atoms with E-state index in [9.17, 15) is 46.1 Å². The molecule has 0 radical (unpaired) electrons. The monoisotopic (exact) mass is 507 g/mol. The van der Waals surface area contributed by atoms with E-state index in [1.165, 1.54) is 43.3 Å². The van der Waals surface area contributed by atoms with Crippen LogP contribution in [0.1, 0.15) is 22.3 Å². The van der Waals surface area contributed by atoms with Gasteiger partial charge in [-0.2, -0.15) is 26.3 Å². The maximum Gasteiger partial charge on any atom is 0.430 e. The van der Waals surface area contributed by atoms with Crippen molar-refractivity contribution < 1.29 is 46.1 Å². The van der Waals surface area contributed by atoms with Gasteiger partial charge in [-0.3, -0.25) is 9.59 Å². The van der Waals surface area contributed by atoms with Gasteiger partial charge >= 0.3 is 12.4 Å². The van der Waals surface area contributed by atoms with E-state index in [1.807, 2.05) is 0 Å². The molecule has 0 saturated heterocycles. The smallest absolute Gasteiger partial charge is 0.383 e. The molecule has 2 amide bonds. The molecule has 192 valence electrons. The van der Waals surface area contributed by atoms with Gasteiger partial charge < -0.3 is 25.7 Å². The maximum atomic E-state index is 13.0. The highest BCUT2D eigenvalue weighted by atomic mass is 19.4. The third-order valence-electron chi connectivity index (χ3n) is 4.99. The molecule has 0 fully saturated rings. The van der Waals surface area contributed by atoms with Crippen molar-refractivity contribution >= 4 is 23.2 Å². The van der Waals surface area contributed by atoms with Crippen molar-refractivity contribution in [3.8, 4) is 0 Å². The van der Waals surface area contributed by atoms with E-state index in [1.54, 1.807) is 0 Å². The van der Waals surface area contributed by atoms with E-state index in [2.05, 4.69) is 10.6 Å². The van der Waals surface area contributed by atoms with Gasteiger partial charge in [0.25, 0.3) is 17.4 Å². The summed E-state index contributed by atoms with van der Waals surface area (Å²) in [6.07, 6.45) is -13.2. The van der Waals surface area contributed by atoms with Crippen LogP contribution in [-0.4, -0.2) is 66.0 Å². The molecular weight excluding hydrogens is 484 g/mol. The minimum Gasteiger partial charge on any atom is -0.383 e. The molecule has 0 saturated carbocycles. The van der Waals surface area contributed by atoms with Crippen LogP contribution in [0.2, 0.25) is 0 Å². The van der Waals surface area contributed by atoms with E-state index in [-0.39, 0.29) is 24.2 Å². The van der Waals surface area contributed by atoms with E-state index >= 15 is 0 Å². The molecule has 0 aliphatic rings. The van der Waals surface area contributed by atoms with Gasteiger partial charge in [0, 0.05) is 43.1 Å². The molecule has 13 heteroatoms. The Morgan fingerprint density at radius 2 is 1.34 bits per heavy atom. The predicted octanol–water partition coefficient (Wildman–Crippen LogP) is 3.31. The Morgan fingerprint density at radius 3 is 1.77 bits per heavy atom. The molecule has 0 unspecified atom stereocenters. The Balaban J connectivity index is 2.02. The Bertz CT molecular complexity index is 1010. The number of aliphatic hydroxyl groups is 2. The first-order valence-electron chi connectivity index (χ1n) is 10.1. The first-order valence-corrected chi connectivity index (χ1v) is 10.1. The Hall–Kier alpha value is -3.32. The minimum atomic E-state index is -5.98. The van der Waals surface area contributed by atoms with Gasteiger partial charge in [0.2, 0.25) is 0 Å². The third-order valence-corrected chi connectivity index (χ3v) is 4.99. The number of benzene rings is 2. The van der Waals surface area contributed by atoms with Crippen LogP contribution in [-0.2, 0) is 10.4 Å². The van der Waals surface area contributed by atoms with Gasteiger partial charge in [0.15, 0.2) is 0 Å². The molecule has 0 aromatic heterocycles. The molecule has 0 spiro atoms. The van der Waals surface area contributed by atoms with Crippen LogP contribution in [0.5, 0.6) is 0 Å². The molecule has 35 heavy (non-hydrogen) atoms. The average Bonchev–Trinajstić information content (AvgIpc) is 2.77. The normalized spacial score (nSPS) is 13.2. The summed E-state index contributed by atoms with van der Waals surface area (Å²) in [7, 11) is 2.97. The first kappa shape index (κ1) is 27.9. The second kappa shape index (κ2) is 10.5. The summed E-state index contributed by atoms with van der Waals surface area (Å²) >= 11 is 0. The van der Waals surface area contributed by atoms with Crippen LogP contribution in [0, 0.1) is 0 Å². The van der Waals surface area contributed by atoms with Crippen LogP contribution < -0.4 is 10.6 Å². The zero-order valence-electron chi connectivity index (χ0n) is 18.5. The summed E-state index contributed by atoms with van der Waals surface area (Å²) in [5.41, 5.74) is -5.64. The third kappa shape index (κ3) is 6.42. The molecule has 7 nitrogen and oxygen atoms in total. The molecule has 2 aromatic carbocycles. The van der Waals surface area contributed by atoms with Crippen molar-refractivity contribution in [3.05, 3.63) is 59.7 Å². The minimum absolute atomic E-state index is 0.0101. The number of anilines is 2. The quantitative estimate of drug-likeness (QED) is 0.411. The van der Waals surface area contributed by atoms with Gasteiger partial charge in [0.05, 0.1) is 0 Å². The van der Waals surface area contributed by atoms with Gasteiger partial charge in [0.1, 0.15) is 6.10 Å². The second-order valence-corrected chi connectivity index (χ2v) is 7.78. The SMILES string of the molecule is CN(C)C(=O)[C@H](O)CCNC(=O)c1ccc(Nc2ccc(C(O)(C(F)(F)F)C(F)(F)F)cc2)cc1. The lowest BCUT2D eigenvalue weighted by molar-refractivity contribution is -0.376. The van der Waals surface area contributed by atoms with Gasteiger partial charge in [-0.25, -0.2) is 0 Å². The second-order valence-electron chi connectivity index (χ2n) is 7.78. The molecule has 2 aromatic rings. The zero-order chi connectivity index (χ0) is 26.6. The number of halogens is 6. The predicted molar refractivity (Wildman–Crippen MR) is 114 cm³/mol. The number of likely N-dealkylation sites (N-methyl/N-ethyl adjacent to an activating group) is 1. The van der Waals surface area contributed by atoms with Crippen molar-refractivity contribution in [2.24, 2.45) is 0 Å². The molecule has 2 rings (SSSR count). The fourth-order valence-corrected chi connectivity index (χ4v) is 3.00. The fraction of sp³-hybridized carbons (Fsp3) is 0.364. The molecule has 1 atom stereocenters. The van der Waals surface area contributed by atoms with E-state index in [0.717, 1.165) is 12.1 Å².